The summed E-state index contributed by atoms with van der Waals surface area (Å²) < 4.78 is 0. The van der Waals surface area contributed by atoms with Gasteiger partial charge in [-0.2, -0.15) is 0 Å². The molecule has 96 valence electrons. The Morgan fingerprint density at radius 2 is 2.06 bits per heavy atom. The maximum atomic E-state index is 6.16. The zero-order valence-corrected chi connectivity index (χ0v) is 11.9. The third-order valence-electron chi connectivity index (χ3n) is 2.26. The standard InChI is InChI=1S/C13H22ClN3/c1-5-6-15-12-11(14)7-10(8-16-12)9-17-13(2,3)4/h7-8,17H,5-6,9H2,1-4H3,(H,15,16). The molecular formula is C13H22ClN3. The largest absolute Gasteiger partial charge is 0.369 e. The van der Waals surface area contributed by atoms with Crippen LogP contribution >= 0.6 is 11.6 Å². The van der Waals surface area contributed by atoms with Crippen molar-refractivity contribution in [3.63, 3.8) is 0 Å². The zero-order valence-electron chi connectivity index (χ0n) is 11.1. The van der Waals surface area contributed by atoms with Crippen molar-refractivity contribution in [1.82, 2.24) is 10.3 Å². The van der Waals surface area contributed by atoms with E-state index in [9.17, 15) is 0 Å². The minimum atomic E-state index is 0.103. The molecule has 0 saturated heterocycles. The summed E-state index contributed by atoms with van der Waals surface area (Å²) in [4.78, 5) is 4.33. The molecule has 0 atom stereocenters. The highest BCUT2D eigenvalue weighted by molar-refractivity contribution is 6.32. The fourth-order valence-electron chi connectivity index (χ4n) is 1.31. The lowest BCUT2D eigenvalue weighted by atomic mass is 10.1. The lowest BCUT2D eigenvalue weighted by Gasteiger charge is -2.20. The molecule has 1 rings (SSSR count). The van der Waals surface area contributed by atoms with E-state index in [1.54, 1.807) is 0 Å². The molecule has 0 unspecified atom stereocenters. The molecule has 0 saturated carbocycles. The Bertz CT molecular complexity index is 358. The fourth-order valence-corrected chi connectivity index (χ4v) is 1.57. The minimum absolute atomic E-state index is 0.103. The van der Waals surface area contributed by atoms with E-state index in [1.807, 2.05) is 12.3 Å². The molecule has 0 fully saturated rings. The minimum Gasteiger partial charge on any atom is -0.369 e. The van der Waals surface area contributed by atoms with Crippen LogP contribution in [0.25, 0.3) is 0 Å². The number of nitrogens with zero attached hydrogens (tertiary/aromatic N) is 1. The van der Waals surface area contributed by atoms with Crippen LogP contribution in [0.4, 0.5) is 5.82 Å². The summed E-state index contributed by atoms with van der Waals surface area (Å²) in [6.07, 6.45) is 2.92. The van der Waals surface area contributed by atoms with E-state index in [0.717, 1.165) is 30.9 Å². The summed E-state index contributed by atoms with van der Waals surface area (Å²) in [6, 6.07) is 1.96. The molecule has 0 aliphatic rings. The maximum absolute atomic E-state index is 6.16. The van der Waals surface area contributed by atoms with E-state index < -0.39 is 0 Å². The van der Waals surface area contributed by atoms with Crippen molar-refractivity contribution in [3.8, 4) is 0 Å². The number of nitrogens with one attached hydrogen (secondary N) is 2. The molecule has 0 bridgehead atoms. The zero-order chi connectivity index (χ0) is 12.9. The van der Waals surface area contributed by atoms with Gasteiger partial charge in [0.15, 0.2) is 0 Å². The molecule has 1 aromatic heterocycles. The second-order valence-electron chi connectivity index (χ2n) is 5.20. The van der Waals surface area contributed by atoms with Crippen molar-refractivity contribution in [1.29, 1.82) is 0 Å². The van der Waals surface area contributed by atoms with Gasteiger partial charge in [-0.25, -0.2) is 4.98 Å². The lowest BCUT2D eigenvalue weighted by molar-refractivity contribution is 0.424. The Labute approximate surface area is 109 Å². The molecule has 0 aliphatic heterocycles. The summed E-state index contributed by atoms with van der Waals surface area (Å²) in [6.45, 7) is 10.2. The average molecular weight is 256 g/mol. The van der Waals surface area contributed by atoms with Gasteiger partial charge in [-0.3, -0.25) is 0 Å². The van der Waals surface area contributed by atoms with Crippen molar-refractivity contribution in [2.45, 2.75) is 46.2 Å². The van der Waals surface area contributed by atoms with Gasteiger partial charge in [0.25, 0.3) is 0 Å². The van der Waals surface area contributed by atoms with E-state index in [2.05, 4.69) is 43.3 Å². The van der Waals surface area contributed by atoms with E-state index in [0.29, 0.717) is 5.02 Å². The van der Waals surface area contributed by atoms with Crippen LogP contribution in [0, 0.1) is 0 Å². The Morgan fingerprint density at radius 1 is 1.35 bits per heavy atom. The highest BCUT2D eigenvalue weighted by atomic mass is 35.5. The van der Waals surface area contributed by atoms with Gasteiger partial charge in [0.2, 0.25) is 0 Å². The van der Waals surface area contributed by atoms with E-state index in [4.69, 9.17) is 11.6 Å². The number of hydrogen-bond donors (Lipinski definition) is 2. The predicted molar refractivity (Wildman–Crippen MR) is 74.6 cm³/mol. The first-order valence-electron chi connectivity index (χ1n) is 6.05. The molecule has 2 N–H and O–H groups in total. The first-order chi connectivity index (χ1) is 7.92. The van der Waals surface area contributed by atoms with E-state index in [-0.39, 0.29) is 5.54 Å². The van der Waals surface area contributed by atoms with Crippen molar-refractivity contribution >= 4 is 17.4 Å². The molecule has 17 heavy (non-hydrogen) atoms. The number of aromatic nitrogens is 1. The normalized spacial score (nSPS) is 11.6. The van der Waals surface area contributed by atoms with Crippen LogP contribution in [0.5, 0.6) is 0 Å². The van der Waals surface area contributed by atoms with Crippen molar-refractivity contribution in [2.75, 3.05) is 11.9 Å². The number of hydrogen-bond acceptors (Lipinski definition) is 3. The molecule has 0 spiro atoms. The smallest absolute Gasteiger partial charge is 0.144 e. The summed E-state index contributed by atoms with van der Waals surface area (Å²) in [5, 5.41) is 7.29. The summed E-state index contributed by atoms with van der Waals surface area (Å²) >= 11 is 6.16. The summed E-state index contributed by atoms with van der Waals surface area (Å²) in [5.74, 6) is 0.771. The number of pyridine rings is 1. The van der Waals surface area contributed by atoms with Crippen LogP contribution in [-0.2, 0) is 6.54 Å². The van der Waals surface area contributed by atoms with Gasteiger partial charge in [-0.1, -0.05) is 18.5 Å². The predicted octanol–water partition coefficient (Wildman–Crippen LogP) is 3.45. The Morgan fingerprint density at radius 3 is 2.59 bits per heavy atom. The second kappa shape index (κ2) is 6.22. The third kappa shape index (κ3) is 5.37. The molecule has 1 heterocycles. The van der Waals surface area contributed by atoms with Crippen LogP contribution < -0.4 is 10.6 Å². The van der Waals surface area contributed by atoms with Gasteiger partial charge in [0.05, 0.1) is 5.02 Å². The molecule has 0 aliphatic carbocycles. The van der Waals surface area contributed by atoms with Crippen LogP contribution in [0.3, 0.4) is 0 Å². The summed E-state index contributed by atoms with van der Waals surface area (Å²) in [5.41, 5.74) is 1.21. The Hall–Kier alpha value is -0.800. The highest BCUT2D eigenvalue weighted by Gasteiger charge is 2.09. The first-order valence-corrected chi connectivity index (χ1v) is 6.43. The number of anilines is 1. The molecule has 3 nitrogen and oxygen atoms in total. The highest BCUT2D eigenvalue weighted by Crippen LogP contribution is 2.20. The average Bonchev–Trinajstić information content (AvgIpc) is 2.24. The van der Waals surface area contributed by atoms with Gasteiger partial charge in [-0.15, -0.1) is 0 Å². The van der Waals surface area contributed by atoms with Crippen LogP contribution in [0.15, 0.2) is 12.3 Å². The second-order valence-corrected chi connectivity index (χ2v) is 5.61. The topological polar surface area (TPSA) is 37.0 Å². The Kier molecular flexibility index (Phi) is 5.22. The first kappa shape index (κ1) is 14.3. The number of rotatable bonds is 5. The third-order valence-corrected chi connectivity index (χ3v) is 2.55. The molecule has 0 radical (unpaired) electrons. The van der Waals surface area contributed by atoms with Crippen molar-refractivity contribution < 1.29 is 0 Å². The fraction of sp³-hybridized carbons (Fsp3) is 0.615. The SMILES string of the molecule is CCCNc1ncc(CNC(C)(C)C)cc1Cl. The van der Waals surface area contributed by atoms with Crippen LogP contribution in [0.2, 0.25) is 5.02 Å². The van der Waals surface area contributed by atoms with Gasteiger partial charge < -0.3 is 10.6 Å². The molecule has 4 heteroatoms. The van der Waals surface area contributed by atoms with Gasteiger partial charge >= 0.3 is 0 Å². The van der Waals surface area contributed by atoms with Crippen LogP contribution in [-0.4, -0.2) is 17.1 Å². The Balaban J connectivity index is 2.62. The van der Waals surface area contributed by atoms with Crippen LogP contribution in [0.1, 0.15) is 39.7 Å². The van der Waals surface area contributed by atoms with Gasteiger partial charge in [-0.05, 0) is 38.8 Å². The van der Waals surface area contributed by atoms with Crippen molar-refractivity contribution in [2.24, 2.45) is 0 Å². The monoisotopic (exact) mass is 255 g/mol. The molecular weight excluding hydrogens is 234 g/mol. The number of halogens is 1. The quantitative estimate of drug-likeness (QED) is 0.846. The van der Waals surface area contributed by atoms with E-state index >= 15 is 0 Å². The maximum Gasteiger partial charge on any atom is 0.144 e. The molecule has 0 amide bonds. The van der Waals surface area contributed by atoms with Gasteiger partial charge in [0, 0.05) is 24.8 Å². The summed E-state index contributed by atoms with van der Waals surface area (Å²) in [7, 11) is 0. The van der Waals surface area contributed by atoms with Gasteiger partial charge in [0.1, 0.15) is 5.82 Å². The van der Waals surface area contributed by atoms with E-state index in [1.165, 1.54) is 0 Å². The lowest BCUT2D eigenvalue weighted by Crippen LogP contribution is -2.35. The molecule has 0 aromatic carbocycles. The molecule has 1 aromatic rings. The van der Waals surface area contributed by atoms with Crippen molar-refractivity contribution in [3.05, 3.63) is 22.8 Å².